The Balaban J connectivity index is 1.66. The molecule has 0 unspecified atom stereocenters. The number of hydrogen-bond donors (Lipinski definition) is 2. The van der Waals surface area contributed by atoms with Gasteiger partial charge in [0.05, 0.1) is 28.2 Å². The Hall–Kier alpha value is -3.91. The van der Waals surface area contributed by atoms with Gasteiger partial charge in [-0.15, -0.1) is 0 Å². The van der Waals surface area contributed by atoms with Gasteiger partial charge in [0.25, 0.3) is 5.91 Å². The van der Waals surface area contributed by atoms with Crippen LogP contribution in [0.25, 0.3) is 11.0 Å². The van der Waals surface area contributed by atoms with Crippen molar-refractivity contribution in [3.05, 3.63) is 86.9 Å². The number of aryl methyl sites for hydroxylation is 2. The van der Waals surface area contributed by atoms with Crippen molar-refractivity contribution >= 4 is 40.1 Å². The second-order valence-electron chi connectivity index (χ2n) is 11.2. The molecule has 1 heterocycles. The summed E-state index contributed by atoms with van der Waals surface area (Å²) in [6, 6.07) is 11.7. The number of ether oxygens (including phenoxy) is 1. The Morgan fingerprint density at radius 2 is 1.83 bits per heavy atom. The lowest BCUT2D eigenvalue weighted by Crippen LogP contribution is -2.34. The highest BCUT2D eigenvalue weighted by Crippen LogP contribution is 2.30. The van der Waals surface area contributed by atoms with Gasteiger partial charge in [0.15, 0.2) is 0 Å². The van der Waals surface area contributed by atoms with Crippen molar-refractivity contribution in [3.8, 4) is 5.75 Å². The standard InChI is InChI=1S/C32H36ClFN4O3/c1-8-41-28-16-27-26(14-23(28)30(39)36-21-11-12-25(34)24(33)13-21)37-29(38(27)7)15-22-18(2)9-10-20(19(22)3)17-35-31(40)32(4,5)6/h9-14,16H,8,15,17H2,1-7H3,(H,35,40)(H,36,39). The zero-order chi connectivity index (χ0) is 30.1. The Morgan fingerprint density at radius 3 is 2.49 bits per heavy atom. The van der Waals surface area contributed by atoms with Crippen LogP contribution < -0.4 is 15.4 Å². The number of carbonyl (C=O) groups excluding carboxylic acids is 2. The molecule has 0 atom stereocenters. The number of hydrogen-bond acceptors (Lipinski definition) is 4. The van der Waals surface area contributed by atoms with Crippen LogP contribution in [0, 0.1) is 25.1 Å². The number of imidazole rings is 1. The third-order valence-electron chi connectivity index (χ3n) is 7.20. The molecule has 2 N–H and O–H groups in total. The van der Waals surface area contributed by atoms with E-state index in [4.69, 9.17) is 21.3 Å². The lowest BCUT2D eigenvalue weighted by Gasteiger charge is -2.19. The van der Waals surface area contributed by atoms with E-state index in [9.17, 15) is 14.0 Å². The van der Waals surface area contributed by atoms with E-state index in [1.807, 2.05) is 45.4 Å². The third kappa shape index (κ3) is 6.54. The average molecular weight is 579 g/mol. The number of halogens is 2. The first-order valence-electron chi connectivity index (χ1n) is 13.5. The highest BCUT2D eigenvalue weighted by molar-refractivity contribution is 6.31. The van der Waals surface area contributed by atoms with Crippen molar-refractivity contribution in [2.75, 3.05) is 11.9 Å². The van der Waals surface area contributed by atoms with Crippen LogP contribution in [0.1, 0.15) is 66.1 Å². The molecular weight excluding hydrogens is 543 g/mol. The van der Waals surface area contributed by atoms with Gasteiger partial charge in [-0.3, -0.25) is 9.59 Å². The highest BCUT2D eigenvalue weighted by Gasteiger charge is 2.22. The minimum absolute atomic E-state index is 0.00171. The molecule has 1 aromatic heterocycles. The maximum atomic E-state index is 13.6. The van der Waals surface area contributed by atoms with Gasteiger partial charge in [-0.05, 0) is 67.3 Å². The van der Waals surface area contributed by atoms with Gasteiger partial charge in [0.2, 0.25) is 5.91 Å². The van der Waals surface area contributed by atoms with E-state index >= 15 is 0 Å². The zero-order valence-electron chi connectivity index (χ0n) is 24.5. The Morgan fingerprint density at radius 1 is 1.10 bits per heavy atom. The molecule has 0 radical (unpaired) electrons. The Labute approximate surface area is 245 Å². The minimum Gasteiger partial charge on any atom is -0.493 e. The van der Waals surface area contributed by atoms with E-state index in [0.717, 1.165) is 33.6 Å². The predicted molar refractivity (Wildman–Crippen MR) is 161 cm³/mol. The number of amides is 2. The number of rotatable bonds is 8. The molecule has 0 saturated carbocycles. The van der Waals surface area contributed by atoms with Crippen molar-refractivity contribution in [2.45, 2.75) is 54.5 Å². The molecule has 0 aliphatic carbocycles. The van der Waals surface area contributed by atoms with Gasteiger partial charge in [0, 0.05) is 37.2 Å². The van der Waals surface area contributed by atoms with E-state index in [1.165, 1.54) is 18.2 Å². The largest absolute Gasteiger partial charge is 0.493 e. The topological polar surface area (TPSA) is 85.2 Å². The number of nitrogens with one attached hydrogen (secondary N) is 2. The molecule has 0 aliphatic heterocycles. The smallest absolute Gasteiger partial charge is 0.259 e. The first-order chi connectivity index (χ1) is 19.3. The van der Waals surface area contributed by atoms with Crippen LogP contribution in [-0.2, 0) is 24.8 Å². The van der Waals surface area contributed by atoms with E-state index in [-0.39, 0.29) is 10.9 Å². The highest BCUT2D eigenvalue weighted by atomic mass is 35.5. The summed E-state index contributed by atoms with van der Waals surface area (Å²) in [7, 11) is 1.94. The van der Waals surface area contributed by atoms with Crippen molar-refractivity contribution in [3.63, 3.8) is 0 Å². The molecule has 0 bridgehead atoms. The number of fused-ring (bicyclic) bond motifs is 1. The molecular formula is C32H36ClFN4O3. The normalized spacial score (nSPS) is 11.5. The van der Waals surface area contributed by atoms with E-state index in [2.05, 4.69) is 36.6 Å². The van der Waals surface area contributed by atoms with E-state index in [0.29, 0.717) is 42.1 Å². The Bertz CT molecular complexity index is 1640. The van der Waals surface area contributed by atoms with Crippen LogP contribution in [0.15, 0.2) is 42.5 Å². The van der Waals surface area contributed by atoms with Crippen LogP contribution in [0.4, 0.5) is 10.1 Å². The van der Waals surface area contributed by atoms with Gasteiger partial charge in [-0.1, -0.05) is 44.5 Å². The maximum Gasteiger partial charge on any atom is 0.259 e. The summed E-state index contributed by atoms with van der Waals surface area (Å²) in [4.78, 5) is 30.6. The maximum absolute atomic E-state index is 13.6. The van der Waals surface area contributed by atoms with E-state index < -0.39 is 17.1 Å². The van der Waals surface area contributed by atoms with E-state index in [1.54, 1.807) is 6.07 Å². The average Bonchev–Trinajstić information content (AvgIpc) is 3.21. The number of nitrogens with zero attached hydrogens (tertiary/aromatic N) is 2. The first kappa shape index (κ1) is 30.1. The lowest BCUT2D eigenvalue weighted by atomic mass is 9.93. The minimum atomic E-state index is -0.562. The monoisotopic (exact) mass is 578 g/mol. The lowest BCUT2D eigenvalue weighted by molar-refractivity contribution is -0.128. The molecule has 41 heavy (non-hydrogen) atoms. The number of carbonyl (C=O) groups is 2. The fourth-order valence-corrected chi connectivity index (χ4v) is 4.84. The summed E-state index contributed by atoms with van der Waals surface area (Å²) < 4.78 is 21.4. The predicted octanol–water partition coefficient (Wildman–Crippen LogP) is 6.89. The van der Waals surface area contributed by atoms with Crippen molar-refractivity contribution < 1.29 is 18.7 Å². The quantitative estimate of drug-likeness (QED) is 0.238. The van der Waals surface area contributed by atoms with Crippen LogP contribution >= 0.6 is 11.6 Å². The van der Waals surface area contributed by atoms with Crippen molar-refractivity contribution in [1.29, 1.82) is 0 Å². The van der Waals surface area contributed by atoms with Gasteiger partial charge in [-0.25, -0.2) is 9.37 Å². The van der Waals surface area contributed by atoms with Gasteiger partial charge < -0.3 is 19.9 Å². The van der Waals surface area contributed by atoms with Crippen LogP contribution in [0.3, 0.4) is 0 Å². The molecule has 0 aliphatic rings. The van der Waals surface area contributed by atoms with Crippen molar-refractivity contribution in [1.82, 2.24) is 14.9 Å². The van der Waals surface area contributed by atoms with Crippen LogP contribution in [0.2, 0.25) is 5.02 Å². The second-order valence-corrected chi connectivity index (χ2v) is 11.6. The second kappa shape index (κ2) is 11.9. The molecule has 7 nitrogen and oxygen atoms in total. The SMILES string of the molecule is CCOc1cc2c(cc1C(=O)Nc1ccc(F)c(Cl)c1)nc(Cc1c(C)ccc(CNC(=O)C(C)(C)C)c1C)n2C. The molecule has 3 aromatic carbocycles. The van der Waals surface area contributed by atoms with Crippen molar-refractivity contribution in [2.24, 2.45) is 12.5 Å². The third-order valence-corrected chi connectivity index (χ3v) is 7.49. The summed E-state index contributed by atoms with van der Waals surface area (Å²) >= 11 is 5.89. The summed E-state index contributed by atoms with van der Waals surface area (Å²) in [6.07, 6.45) is 0.573. The fraction of sp³-hybridized carbons (Fsp3) is 0.344. The Kier molecular flexibility index (Phi) is 8.73. The number of aromatic nitrogens is 2. The summed E-state index contributed by atoms with van der Waals surface area (Å²) in [6.45, 7) is 12.5. The van der Waals surface area contributed by atoms with Crippen LogP contribution in [-0.4, -0.2) is 28.0 Å². The van der Waals surface area contributed by atoms with Gasteiger partial charge in [-0.2, -0.15) is 0 Å². The molecule has 216 valence electrons. The zero-order valence-corrected chi connectivity index (χ0v) is 25.3. The summed E-state index contributed by atoms with van der Waals surface area (Å²) in [5, 5.41) is 5.73. The summed E-state index contributed by atoms with van der Waals surface area (Å²) in [5.74, 6) is 0.271. The van der Waals surface area contributed by atoms with Gasteiger partial charge >= 0.3 is 0 Å². The molecule has 4 aromatic rings. The van der Waals surface area contributed by atoms with Gasteiger partial charge in [0.1, 0.15) is 17.4 Å². The first-order valence-corrected chi connectivity index (χ1v) is 13.9. The fourth-order valence-electron chi connectivity index (χ4n) is 4.65. The number of benzene rings is 3. The molecule has 2 amide bonds. The molecule has 0 spiro atoms. The summed E-state index contributed by atoms with van der Waals surface area (Å²) in [5.41, 5.74) is 6.14. The molecule has 0 fully saturated rings. The molecule has 9 heteroatoms. The molecule has 0 saturated heterocycles. The number of anilines is 1. The molecule has 4 rings (SSSR count). The van der Waals surface area contributed by atoms with Crippen LogP contribution in [0.5, 0.6) is 5.75 Å².